The summed E-state index contributed by atoms with van der Waals surface area (Å²) in [5.74, 6) is 0. The number of hydrogen-bond acceptors (Lipinski definition) is 4. The van der Waals surface area contributed by atoms with E-state index < -0.39 is 0 Å². The van der Waals surface area contributed by atoms with Gasteiger partial charge in [0.15, 0.2) is 5.09 Å². The Hall–Kier alpha value is -1.29. The van der Waals surface area contributed by atoms with Gasteiger partial charge in [0.2, 0.25) is 0 Å². The summed E-state index contributed by atoms with van der Waals surface area (Å²) in [6.07, 6.45) is 0. The van der Waals surface area contributed by atoms with Crippen LogP contribution in [-0.2, 0) is 4.74 Å². The van der Waals surface area contributed by atoms with E-state index in [0.29, 0.717) is 10.8 Å². The van der Waals surface area contributed by atoms with Crippen molar-refractivity contribution >= 4 is 17.4 Å². The molecular formula is C12H16N2OS. The van der Waals surface area contributed by atoms with Crippen LogP contribution < -0.4 is 0 Å². The Labute approximate surface area is 100 Å². The monoisotopic (exact) mass is 236 g/mol. The normalized spacial score (nSPS) is 10.9. The van der Waals surface area contributed by atoms with Gasteiger partial charge in [-0.3, -0.25) is 0 Å². The maximum atomic E-state index is 6.85. The van der Waals surface area contributed by atoms with E-state index in [1.54, 1.807) is 12.1 Å². The lowest BCUT2D eigenvalue weighted by Gasteiger charge is -2.22. The summed E-state index contributed by atoms with van der Waals surface area (Å²) in [5, 5.41) is 4.01. The minimum atomic E-state index is -0.222. The Morgan fingerprint density at radius 2 is 1.88 bits per heavy atom. The molecule has 1 rings (SSSR count). The van der Waals surface area contributed by atoms with E-state index in [1.807, 2.05) is 32.9 Å². The number of nitrogens with one attached hydrogen (secondary N) is 1. The molecule has 16 heavy (non-hydrogen) atoms. The van der Waals surface area contributed by atoms with E-state index in [4.69, 9.17) is 10.3 Å². The average molecular weight is 236 g/mol. The molecule has 3 nitrogen and oxygen atoms in total. The number of benzene rings is 1. The molecule has 0 atom stereocenters. The van der Waals surface area contributed by atoms with Crippen LogP contribution in [0.5, 0.6) is 0 Å². The molecule has 4 heteroatoms. The first-order valence-corrected chi connectivity index (χ1v) is 5.76. The fraction of sp³-hybridized carbons (Fsp3) is 0.333. The number of nitrogens with zero attached hydrogens (tertiary/aromatic N) is 1. The summed E-state index contributed by atoms with van der Waals surface area (Å²) < 4.78 is 5.61. The van der Waals surface area contributed by atoms with Crippen molar-refractivity contribution in [3.05, 3.63) is 35.9 Å². The molecule has 0 aliphatic carbocycles. The summed E-state index contributed by atoms with van der Waals surface area (Å²) in [4.78, 5) is 1.03. The fourth-order valence-corrected chi connectivity index (χ4v) is 1.91. The Morgan fingerprint density at radius 3 is 2.31 bits per heavy atom. The van der Waals surface area contributed by atoms with E-state index in [9.17, 15) is 0 Å². The molecule has 86 valence electrons. The van der Waals surface area contributed by atoms with Crippen LogP contribution in [-0.4, -0.2) is 5.60 Å². The second kappa shape index (κ2) is 5.16. The van der Waals surface area contributed by atoms with Gasteiger partial charge in [0.25, 0.3) is 0 Å². The fourth-order valence-electron chi connectivity index (χ4n) is 1.08. The zero-order valence-electron chi connectivity index (χ0n) is 9.78. The van der Waals surface area contributed by atoms with Gasteiger partial charge in [-0.25, -0.2) is 5.53 Å². The van der Waals surface area contributed by atoms with Crippen molar-refractivity contribution < 1.29 is 4.74 Å². The molecular weight excluding hydrogens is 220 g/mol. The van der Waals surface area contributed by atoms with Crippen LogP contribution in [0, 0.1) is 5.53 Å². The Morgan fingerprint density at radius 1 is 1.31 bits per heavy atom. The quantitative estimate of drug-likeness (QED) is 0.466. The highest BCUT2D eigenvalue weighted by Gasteiger charge is 2.12. The zero-order chi connectivity index (χ0) is 12.2. The van der Waals surface area contributed by atoms with Crippen LogP contribution >= 0.6 is 11.8 Å². The molecule has 0 heterocycles. The smallest absolute Gasteiger partial charge is 0.151 e. The predicted molar refractivity (Wildman–Crippen MR) is 67.1 cm³/mol. The summed E-state index contributed by atoms with van der Waals surface area (Å²) in [5.41, 5.74) is 7.27. The molecule has 0 radical (unpaired) electrons. The van der Waals surface area contributed by atoms with Crippen molar-refractivity contribution in [1.82, 2.24) is 0 Å². The molecule has 0 saturated heterocycles. The topological polar surface area (TPSA) is 45.4 Å². The van der Waals surface area contributed by atoms with Crippen molar-refractivity contribution in [2.24, 2.45) is 5.11 Å². The molecule has 0 bridgehead atoms. The second-order valence-electron chi connectivity index (χ2n) is 4.29. The van der Waals surface area contributed by atoms with E-state index in [0.717, 1.165) is 4.90 Å². The van der Waals surface area contributed by atoms with Gasteiger partial charge in [0.1, 0.15) is 5.60 Å². The van der Waals surface area contributed by atoms with Crippen molar-refractivity contribution in [3.8, 4) is 0 Å². The SMILES string of the molecule is C=C(OC(C)(C)C)Sc1ccc(N=N)cc1. The number of thioether (sulfide) groups is 1. The lowest BCUT2D eigenvalue weighted by Crippen LogP contribution is -2.17. The molecule has 0 saturated carbocycles. The predicted octanol–water partition coefficient (Wildman–Crippen LogP) is 4.73. The van der Waals surface area contributed by atoms with Crippen molar-refractivity contribution in [2.75, 3.05) is 0 Å². The first-order chi connectivity index (χ1) is 7.40. The van der Waals surface area contributed by atoms with Gasteiger partial charge >= 0.3 is 0 Å². The van der Waals surface area contributed by atoms with Crippen LogP contribution in [0.3, 0.4) is 0 Å². The number of hydrogen-bond donors (Lipinski definition) is 1. The highest BCUT2D eigenvalue weighted by Crippen LogP contribution is 2.30. The first-order valence-electron chi connectivity index (χ1n) is 4.94. The van der Waals surface area contributed by atoms with Crippen LogP contribution in [0.15, 0.2) is 45.9 Å². The van der Waals surface area contributed by atoms with Crippen molar-refractivity contribution in [2.45, 2.75) is 31.3 Å². The Kier molecular flexibility index (Phi) is 4.12. The molecule has 0 amide bonds. The third kappa shape index (κ3) is 4.49. The van der Waals surface area contributed by atoms with Crippen molar-refractivity contribution in [3.63, 3.8) is 0 Å². The molecule has 0 spiro atoms. The van der Waals surface area contributed by atoms with Crippen LogP contribution in [0.1, 0.15) is 20.8 Å². The summed E-state index contributed by atoms with van der Waals surface area (Å²) in [6.45, 7) is 9.82. The number of rotatable bonds is 4. The Bertz CT molecular complexity index is 379. The molecule has 0 aromatic heterocycles. The molecule has 1 aromatic rings. The standard InChI is InChI=1S/C12H16N2OS/c1-9(15-12(2,3)4)16-11-7-5-10(14-13)6-8-11/h5-8,13H,1H2,2-4H3. The largest absolute Gasteiger partial charge is 0.482 e. The molecule has 1 N–H and O–H groups in total. The third-order valence-electron chi connectivity index (χ3n) is 1.62. The van der Waals surface area contributed by atoms with Crippen molar-refractivity contribution in [1.29, 1.82) is 5.53 Å². The van der Waals surface area contributed by atoms with Crippen LogP contribution in [0.2, 0.25) is 0 Å². The highest BCUT2D eigenvalue weighted by atomic mass is 32.2. The maximum Gasteiger partial charge on any atom is 0.151 e. The van der Waals surface area contributed by atoms with Gasteiger partial charge in [-0.1, -0.05) is 11.8 Å². The van der Waals surface area contributed by atoms with Crippen LogP contribution in [0.4, 0.5) is 5.69 Å². The molecule has 0 unspecified atom stereocenters. The van der Waals surface area contributed by atoms with Crippen LogP contribution in [0.25, 0.3) is 0 Å². The van der Waals surface area contributed by atoms with Gasteiger partial charge in [-0.2, -0.15) is 5.11 Å². The lowest BCUT2D eigenvalue weighted by molar-refractivity contribution is 0.0701. The van der Waals surface area contributed by atoms with E-state index in [-0.39, 0.29) is 5.60 Å². The van der Waals surface area contributed by atoms with Gasteiger partial charge in [0.05, 0.1) is 5.69 Å². The van der Waals surface area contributed by atoms with Gasteiger partial charge < -0.3 is 4.74 Å². The number of ether oxygens (including phenoxy) is 1. The summed E-state index contributed by atoms with van der Waals surface area (Å²) >= 11 is 1.47. The maximum absolute atomic E-state index is 6.85. The third-order valence-corrected chi connectivity index (χ3v) is 2.44. The zero-order valence-corrected chi connectivity index (χ0v) is 10.6. The van der Waals surface area contributed by atoms with Gasteiger partial charge in [-0.05, 0) is 51.6 Å². The van der Waals surface area contributed by atoms with E-state index in [1.165, 1.54) is 11.8 Å². The molecule has 0 fully saturated rings. The highest BCUT2D eigenvalue weighted by molar-refractivity contribution is 8.02. The molecule has 1 aromatic carbocycles. The van der Waals surface area contributed by atoms with E-state index >= 15 is 0 Å². The molecule has 0 aliphatic rings. The minimum absolute atomic E-state index is 0.222. The summed E-state index contributed by atoms with van der Waals surface area (Å²) in [6, 6.07) is 7.38. The van der Waals surface area contributed by atoms with Gasteiger partial charge in [0, 0.05) is 4.90 Å². The summed E-state index contributed by atoms with van der Waals surface area (Å²) in [7, 11) is 0. The second-order valence-corrected chi connectivity index (χ2v) is 5.43. The Balaban J connectivity index is 2.59. The lowest BCUT2D eigenvalue weighted by atomic mass is 10.2. The minimum Gasteiger partial charge on any atom is -0.482 e. The van der Waals surface area contributed by atoms with E-state index in [2.05, 4.69) is 11.7 Å². The molecule has 0 aliphatic heterocycles. The van der Waals surface area contributed by atoms with Gasteiger partial charge in [-0.15, -0.1) is 0 Å². The first kappa shape index (κ1) is 12.8. The average Bonchev–Trinajstić information content (AvgIpc) is 2.16.